The molecule has 3 heterocycles. The summed E-state index contributed by atoms with van der Waals surface area (Å²) >= 11 is 0. The van der Waals surface area contributed by atoms with Crippen molar-refractivity contribution in [1.82, 2.24) is 25.2 Å². The average molecular weight is 574 g/mol. The number of aromatic amines is 1. The molecule has 1 saturated carbocycles. The van der Waals surface area contributed by atoms with E-state index in [1.807, 2.05) is 13.0 Å². The Morgan fingerprint density at radius 3 is 2.50 bits per heavy atom. The van der Waals surface area contributed by atoms with E-state index >= 15 is 4.39 Å². The third kappa shape index (κ3) is 7.13. The van der Waals surface area contributed by atoms with Crippen molar-refractivity contribution in [3.05, 3.63) is 64.9 Å². The van der Waals surface area contributed by atoms with Crippen molar-refractivity contribution in [3.8, 4) is 0 Å². The summed E-state index contributed by atoms with van der Waals surface area (Å²) in [6.45, 7) is 3.15. The van der Waals surface area contributed by atoms with Gasteiger partial charge >= 0.3 is 0 Å². The lowest BCUT2D eigenvalue weighted by atomic mass is 9.98. The Morgan fingerprint density at radius 2 is 1.80 bits per heavy atom. The lowest BCUT2D eigenvalue weighted by Gasteiger charge is -2.22. The number of sulfonamides is 1. The average Bonchev–Trinajstić information content (AvgIpc) is 3.68. The molecule has 5 N–H and O–H groups in total. The van der Waals surface area contributed by atoms with Gasteiger partial charge in [0.1, 0.15) is 11.6 Å². The number of hydrogen-bond acceptors (Lipinski definition) is 8. The van der Waals surface area contributed by atoms with E-state index in [1.54, 1.807) is 12.1 Å². The summed E-state index contributed by atoms with van der Waals surface area (Å²) in [5.74, 6) is -1.31. The Bertz CT molecular complexity index is 1450. The third-order valence-corrected chi connectivity index (χ3v) is 8.50. The number of H-pyrrole nitrogens is 1. The van der Waals surface area contributed by atoms with E-state index in [9.17, 15) is 17.6 Å². The van der Waals surface area contributed by atoms with Crippen LogP contribution in [0.2, 0.25) is 0 Å². The Kier molecular flexibility index (Phi) is 8.31. The zero-order chi connectivity index (χ0) is 28.3. The Hall–Kier alpha value is -3.58. The van der Waals surface area contributed by atoms with Crippen molar-refractivity contribution in [2.24, 2.45) is 5.92 Å². The first-order chi connectivity index (χ1) is 19.2. The monoisotopic (exact) mass is 573 g/mol. The van der Waals surface area contributed by atoms with Gasteiger partial charge in [0.15, 0.2) is 17.5 Å². The maximum absolute atomic E-state index is 15.2. The van der Waals surface area contributed by atoms with Gasteiger partial charge in [0.2, 0.25) is 15.9 Å². The molecule has 0 unspecified atom stereocenters. The van der Waals surface area contributed by atoms with Crippen molar-refractivity contribution >= 4 is 33.4 Å². The predicted octanol–water partition coefficient (Wildman–Crippen LogP) is 3.87. The van der Waals surface area contributed by atoms with Crippen molar-refractivity contribution in [1.29, 1.82) is 0 Å². The maximum Gasteiger partial charge on any atom is 0.236 e. The molecule has 2 fully saturated rings. The molecule has 40 heavy (non-hydrogen) atoms. The first-order valence-corrected chi connectivity index (χ1v) is 15.1. The lowest BCUT2D eigenvalue weighted by molar-refractivity contribution is -0.123. The Labute approximate surface area is 231 Å². The van der Waals surface area contributed by atoms with Crippen LogP contribution < -0.4 is 20.7 Å². The molecule has 2 aromatic heterocycles. The predicted molar refractivity (Wildman–Crippen MR) is 148 cm³/mol. The number of aryl methyl sites for hydroxylation is 1. The van der Waals surface area contributed by atoms with Crippen LogP contribution in [-0.2, 0) is 21.2 Å². The van der Waals surface area contributed by atoms with Gasteiger partial charge < -0.3 is 16.0 Å². The van der Waals surface area contributed by atoms with Gasteiger partial charge in [-0.1, -0.05) is 12.1 Å². The number of pyridine rings is 1. The molecule has 1 aromatic carbocycles. The van der Waals surface area contributed by atoms with Gasteiger partial charge in [-0.25, -0.2) is 22.2 Å². The van der Waals surface area contributed by atoms with Crippen LogP contribution in [0.1, 0.15) is 61.4 Å². The van der Waals surface area contributed by atoms with E-state index in [0.717, 1.165) is 24.1 Å². The fraction of sp³-hybridized carbons (Fsp3) is 0.444. The number of benzene rings is 1. The smallest absolute Gasteiger partial charge is 0.236 e. The Balaban J connectivity index is 1.34. The number of carbonyl (C=O) groups is 1. The van der Waals surface area contributed by atoms with Crippen LogP contribution in [0.3, 0.4) is 0 Å². The van der Waals surface area contributed by atoms with Crippen molar-refractivity contribution in [2.75, 3.05) is 29.5 Å². The van der Waals surface area contributed by atoms with Gasteiger partial charge in [-0.05, 0) is 81.4 Å². The van der Waals surface area contributed by atoms with Crippen LogP contribution in [0.4, 0.5) is 26.2 Å². The molecule has 1 atom stereocenters. The van der Waals surface area contributed by atoms with E-state index in [1.165, 1.54) is 18.2 Å². The van der Waals surface area contributed by atoms with E-state index < -0.39 is 27.5 Å². The van der Waals surface area contributed by atoms with Crippen molar-refractivity contribution < 1.29 is 22.0 Å². The molecule has 1 aliphatic carbocycles. The molecular weight excluding hydrogens is 540 g/mol. The molecule has 0 radical (unpaired) electrons. The van der Waals surface area contributed by atoms with Gasteiger partial charge in [0.05, 0.1) is 5.75 Å². The molecule has 214 valence electrons. The highest BCUT2D eigenvalue weighted by Crippen LogP contribution is 2.39. The summed E-state index contributed by atoms with van der Waals surface area (Å²) in [5.41, 5.74) is 2.05. The first kappa shape index (κ1) is 28.0. The lowest BCUT2D eigenvalue weighted by Crippen LogP contribution is -2.41. The number of amides is 1. The molecule has 10 nitrogen and oxygen atoms in total. The second kappa shape index (κ2) is 11.9. The molecule has 1 saturated heterocycles. The quantitative estimate of drug-likeness (QED) is 0.233. The number of anilines is 3. The van der Waals surface area contributed by atoms with Gasteiger partial charge in [-0.15, -0.1) is 0 Å². The number of nitrogens with zero attached hydrogens (tertiary/aromatic N) is 2. The number of rotatable bonds is 11. The highest BCUT2D eigenvalue weighted by Gasteiger charge is 2.27. The molecule has 5 rings (SSSR count). The third-order valence-electron chi connectivity index (χ3n) is 7.25. The number of nitrogens with one attached hydrogen (secondary N) is 5. The summed E-state index contributed by atoms with van der Waals surface area (Å²) in [6, 6.07) is 8.62. The molecule has 2 aliphatic rings. The minimum Gasteiger partial charge on any atom is -0.363 e. The van der Waals surface area contributed by atoms with Crippen molar-refractivity contribution in [3.63, 3.8) is 0 Å². The second-order valence-corrected chi connectivity index (χ2v) is 12.3. The van der Waals surface area contributed by atoms with Crippen LogP contribution >= 0.6 is 0 Å². The number of halogens is 2. The Morgan fingerprint density at radius 1 is 1.07 bits per heavy atom. The van der Waals surface area contributed by atoms with E-state index in [2.05, 4.69) is 35.9 Å². The van der Waals surface area contributed by atoms with Crippen molar-refractivity contribution in [2.45, 2.75) is 51.0 Å². The summed E-state index contributed by atoms with van der Waals surface area (Å²) in [7, 11) is -3.97. The normalized spacial score (nSPS) is 16.9. The number of hydrogen-bond donors (Lipinski definition) is 5. The maximum atomic E-state index is 15.2. The van der Waals surface area contributed by atoms with E-state index in [-0.39, 0.29) is 35.8 Å². The fourth-order valence-electron chi connectivity index (χ4n) is 4.71. The fourth-order valence-corrected chi connectivity index (χ4v) is 5.78. The van der Waals surface area contributed by atoms with Crippen LogP contribution in [0, 0.1) is 17.6 Å². The summed E-state index contributed by atoms with van der Waals surface area (Å²) in [4.78, 5) is 16.9. The molecule has 1 aliphatic heterocycles. The SMILES string of the molecule is C[C@H](Nc1nc(Nc2cc(C3CC3)[nH]n2)c(F)cc1CCS(=O)(=O)NC(=O)C1CCNCC1)c1ccc(F)cc1. The highest BCUT2D eigenvalue weighted by atomic mass is 32.2. The molecule has 0 bridgehead atoms. The largest absolute Gasteiger partial charge is 0.363 e. The van der Waals surface area contributed by atoms with E-state index in [4.69, 9.17) is 0 Å². The highest BCUT2D eigenvalue weighted by molar-refractivity contribution is 7.90. The molecule has 0 spiro atoms. The summed E-state index contributed by atoms with van der Waals surface area (Å²) < 4.78 is 56.3. The molecular formula is C27H33F2N7O3S. The minimum absolute atomic E-state index is 0.0755. The van der Waals surface area contributed by atoms with Gasteiger partial charge in [0.25, 0.3) is 0 Å². The number of aromatic nitrogens is 3. The molecule has 13 heteroatoms. The first-order valence-electron chi connectivity index (χ1n) is 13.5. The van der Waals surface area contributed by atoms with Crippen LogP contribution in [0.25, 0.3) is 0 Å². The molecule has 3 aromatic rings. The molecule has 1 amide bonds. The van der Waals surface area contributed by atoms with Gasteiger partial charge in [0, 0.05) is 29.6 Å². The minimum atomic E-state index is -3.97. The second-order valence-electron chi connectivity index (χ2n) is 10.4. The topological polar surface area (TPSA) is 141 Å². The summed E-state index contributed by atoms with van der Waals surface area (Å²) in [6.07, 6.45) is 3.21. The number of carbonyl (C=O) groups excluding carboxylic acids is 1. The zero-order valence-corrected chi connectivity index (χ0v) is 23.0. The van der Waals surface area contributed by atoms with Crippen LogP contribution in [-0.4, -0.2) is 48.3 Å². The van der Waals surface area contributed by atoms with E-state index in [0.29, 0.717) is 43.2 Å². The summed E-state index contributed by atoms with van der Waals surface area (Å²) in [5, 5.41) is 16.4. The number of piperidine rings is 1. The van der Waals surface area contributed by atoms with Crippen LogP contribution in [0.15, 0.2) is 36.4 Å². The standard InChI is InChI=1S/C27H33F2N7O3S/c1-16(17-4-6-21(28)7-5-17)31-25-20(10-13-40(38,39)36-27(37)19-8-11-30-12-9-19)14-22(29)26(33-25)32-24-15-23(34-35-24)18-2-3-18/h4-7,14-16,18-19,30H,2-3,8-13H2,1H3,(H,36,37)(H3,31,32,33,34,35)/t16-/m0/s1. The zero-order valence-electron chi connectivity index (χ0n) is 22.1. The van der Waals surface area contributed by atoms with Crippen LogP contribution in [0.5, 0.6) is 0 Å². The van der Waals surface area contributed by atoms with Gasteiger partial charge in [-0.2, -0.15) is 5.10 Å². The van der Waals surface area contributed by atoms with Gasteiger partial charge in [-0.3, -0.25) is 14.6 Å².